The van der Waals surface area contributed by atoms with Gasteiger partial charge < -0.3 is 10.4 Å². The maximum Gasteiger partial charge on any atom is 0.253 e. The fourth-order valence-corrected chi connectivity index (χ4v) is 2.18. The van der Waals surface area contributed by atoms with E-state index < -0.39 is 5.54 Å². The molecule has 1 aromatic rings. The molecule has 3 nitrogen and oxygen atoms in total. The standard InChI is InChI=1S/C13H16ClNO2/c1-13(8-16,9-6-7-9)15-12(17)10-4-2-3-5-11(10)14/h2-5,9,16H,6-8H2,1H3,(H,15,17). The molecular formula is C13H16ClNO2. The minimum atomic E-state index is -0.531. The summed E-state index contributed by atoms with van der Waals surface area (Å²) < 4.78 is 0. The summed E-state index contributed by atoms with van der Waals surface area (Å²) in [5.41, 5.74) is -0.0783. The molecule has 0 bridgehead atoms. The van der Waals surface area contributed by atoms with Crippen LogP contribution < -0.4 is 5.32 Å². The van der Waals surface area contributed by atoms with Gasteiger partial charge >= 0.3 is 0 Å². The number of halogens is 1. The molecular weight excluding hydrogens is 238 g/mol. The van der Waals surface area contributed by atoms with Gasteiger partial charge in [-0.2, -0.15) is 0 Å². The third-order valence-electron chi connectivity index (χ3n) is 3.32. The van der Waals surface area contributed by atoms with Gasteiger partial charge in [-0.3, -0.25) is 4.79 Å². The Hall–Kier alpha value is -1.06. The van der Waals surface area contributed by atoms with Gasteiger partial charge in [0.1, 0.15) is 0 Å². The highest BCUT2D eigenvalue weighted by Gasteiger charge is 2.42. The van der Waals surface area contributed by atoms with Crippen LogP contribution in [0.2, 0.25) is 5.02 Å². The van der Waals surface area contributed by atoms with E-state index in [9.17, 15) is 9.90 Å². The quantitative estimate of drug-likeness (QED) is 0.865. The van der Waals surface area contributed by atoms with Gasteiger partial charge in [0, 0.05) is 0 Å². The fraction of sp³-hybridized carbons (Fsp3) is 0.462. The summed E-state index contributed by atoms with van der Waals surface area (Å²) in [6.45, 7) is 1.83. The molecule has 1 aliphatic rings. The topological polar surface area (TPSA) is 49.3 Å². The van der Waals surface area contributed by atoms with Crippen molar-refractivity contribution in [2.24, 2.45) is 5.92 Å². The predicted molar refractivity (Wildman–Crippen MR) is 67.1 cm³/mol. The average molecular weight is 254 g/mol. The van der Waals surface area contributed by atoms with Crippen molar-refractivity contribution in [1.29, 1.82) is 0 Å². The molecule has 0 aliphatic heterocycles. The van der Waals surface area contributed by atoms with Crippen LogP contribution in [0.1, 0.15) is 30.1 Å². The minimum Gasteiger partial charge on any atom is -0.394 e. The monoisotopic (exact) mass is 253 g/mol. The maximum absolute atomic E-state index is 12.1. The van der Waals surface area contributed by atoms with E-state index in [2.05, 4.69) is 5.32 Å². The molecule has 1 unspecified atom stereocenters. The molecule has 92 valence electrons. The Labute approximate surface area is 106 Å². The van der Waals surface area contributed by atoms with Crippen LogP contribution in [0.25, 0.3) is 0 Å². The van der Waals surface area contributed by atoms with Crippen molar-refractivity contribution < 1.29 is 9.90 Å². The SMILES string of the molecule is CC(CO)(NC(=O)c1ccccc1Cl)C1CC1. The highest BCUT2D eigenvalue weighted by Crippen LogP contribution is 2.39. The van der Waals surface area contributed by atoms with Crippen molar-refractivity contribution >= 4 is 17.5 Å². The molecule has 2 N–H and O–H groups in total. The van der Waals surface area contributed by atoms with Crippen LogP contribution in [0.3, 0.4) is 0 Å². The number of amides is 1. The highest BCUT2D eigenvalue weighted by atomic mass is 35.5. The van der Waals surface area contributed by atoms with E-state index in [0.29, 0.717) is 16.5 Å². The average Bonchev–Trinajstić information content (AvgIpc) is 3.13. The van der Waals surface area contributed by atoms with E-state index in [1.807, 2.05) is 6.92 Å². The molecule has 1 amide bonds. The van der Waals surface area contributed by atoms with Gasteiger partial charge in [0.2, 0.25) is 0 Å². The number of aliphatic hydroxyl groups is 1. The van der Waals surface area contributed by atoms with Crippen LogP contribution in [-0.4, -0.2) is 23.2 Å². The molecule has 1 aliphatic carbocycles. The van der Waals surface area contributed by atoms with Crippen LogP contribution in [0.5, 0.6) is 0 Å². The Morgan fingerprint density at radius 2 is 2.18 bits per heavy atom. The second-order valence-electron chi connectivity index (χ2n) is 4.78. The molecule has 0 saturated heterocycles. The number of carbonyl (C=O) groups excluding carboxylic acids is 1. The largest absolute Gasteiger partial charge is 0.394 e. The van der Waals surface area contributed by atoms with E-state index in [4.69, 9.17) is 11.6 Å². The number of hydrogen-bond donors (Lipinski definition) is 2. The lowest BCUT2D eigenvalue weighted by Crippen LogP contribution is -2.50. The van der Waals surface area contributed by atoms with Crippen molar-refractivity contribution in [2.45, 2.75) is 25.3 Å². The number of rotatable bonds is 4. The van der Waals surface area contributed by atoms with Crippen LogP contribution in [0, 0.1) is 5.92 Å². The zero-order valence-electron chi connectivity index (χ0n) is 9.74. The summed E-state index contributed by atoms with van der Waals surface area (Å²) in [6, 6.07) is 6.92. The summed E-state index contributed by atoms with van der Waals surface area (Å²) in [5, 5.41) is 12.7. The maximum atomic E-state index is 12.1. The van der Waals surface area contributed by atoms with Crippen LogP contribution in [0.4, 0.5) is 0 Å². The van der Waals surface area contributed by atoms with E-state index in [-0.39, 0.29) is 12.5 Å². The smallest absolute Gasteiger partial charge is 0.253 e. The first-order valence-corrected chi connectivity index (χ1v) is 6.12. The molecule has 4 heteroatoms. The Bertz CT molecular complexity index is 431. The number of hydrogen-bond acceptors (Lipinski definition) is 2. The number of carbonyl (C=O) groups is 1. The van der Waals surface area contributed by atoms with Gasteiger partial charge in [-0.15, -0.1) is 0 Å². The highest BCUT2D eigenvalue weighted by molar-refractivity contribution is 6.33. The fourth-order valence-electron chi connectivity index (χ4n) is 1.96. The lowest BCUT2D eigenvalue weighted by Gasteiger charge is -2.28. The van der Waals surface area contributed by atoms with E-state index in [1.165, 1.54) is 0 Å². The van der Waals surface area contributed by atoms with E-state index in [0.717, 1.165) is 12.8 Å². The lowest BCUT2D eigenvalue weighted by atomic mass is 9.96. The third-order valence-corrected chi connectivity index (χ3v) is 3.65. The van der Waals surface area contributed by atoms with Gasteiger partial charge in [-0.25, -0.2) is 0 Å². The Kier molecular flexibility index (Phi) is 3.40. The van der Waals surface area contributed by atoms with Gasteiger partial charge in [0.25, 0.3) is 5.91 Å². The summed E-state index contributed by atoms with van der Waals surface area (Å²) in [4.78, 5) is 12.1. The van der Waals surface area contributed by atoms with Crippen LogP contribution in [0.15, 0.2) is 24.3 Å². The number of benzene rings is 1. The van der Waals surface area contributed by atoms with Gasteiger partial charge in [0.05, 0.1) is 22.7 Å². The normalized spacial score (nSPS) is 18.5. The summed E-state index contributed by atoms with van der Waals surface area (Å²) in [6.07, 6.45) is 2.11. The Morgan fingerprint density at radius 1 is 1.53 bits per heavy atom. The molecule has 1 atom stereocenters. The second kappa shape index (κ2) is 4.67. The zero-order valence-corrected chi connectivity index (χ0v) is 10.5. The first-order valence-electron chi connectivity index (χ1n) is 5.75. The Morgan fingerprint density at radius 3 is 2.71 bits per heavy atom. The summed E-state index contributed by atoms with van der Waals surface area (Å²) in [5.74, 6) is 0.151. The molecule has 0 aromatic heterocycles. The molecule has 1 fully saturated rings. The molecule has 0 radical (unpaired) electrons. The van der Waals surface area contributed by atoms with Crippen molar-refractivity contribution in [3.8, 4) is 0 Å². The van der Waals surface area contributed by atoms with Gasteiger partial charge in [0.15, 0.2) is 0 Å². The molecule has 0 spiro atoms. The van der Waals surface area contributed by atoms with Crippen molar-refractivity contribution in [2.75, 3.05) is 6.61 Å². The van der Waals surface area contributed by atoms with Gasteiger partial charge in [-0.05, 0) is 37.8 Å². The van der Waals surface area contributed by atoms with E-state index >= 15 is 0 Å². The third kappa shape index (κ3) is 2.61. The van der Waals surface area contributed by atoms with Crippen molar-refractivity contribution in [3.05, 3.63) is 34.9 Å². The summed E-state index contributed by atoms with van der Waals surface area (Å²) in [7, 11) is 0. The number of nitrogens with one attached hydrogen (secondary N) is 1. The molecule has 17 heavy (non-hydrogen) atoms. The minimum absolute atomic E-state index is 0.0478. The molecule has 1 saturated carbocycles. The molecule has 2 rings (SSSR count). The first kappa shape index (κ1) is 12.4. The number of aliphatic hydroxyl groups excluding tert-OH is 1. The zero-order chi connectivity index (χ0) is 12.5. The van der Waals surface area contributed by atoms with E-state index in [1.54, 1.807) is 24.3 Å². The molecule has 1 aromatic carbocycles. The van der Waals surface area contributed by atoms with Crippen LogP contribution >= 0.6 is 11.6 Å². The summed E-state index contributed by atoms with van der Waals surface area (Å²) >= 11 is 5.96. The van der Waals surface area contributed by atoms with Crippen molar-refractivity contribution in [1.82, 2.24) is 5.32 Å². The van der Waals surface area contributed by atoms with Crippen LogP contribution in [-0.2, 0) is 0 Å². The Balaban J connectivity index is 2.13. The molecule has 0 heterocycles. The lowest BCUT2D eigenvalue weighted by molar-refractivity contribution is 0.0824. The van der Waals surface area contributed by atoms with Gasteiger partial charge in [-0.1, -0.05) is 23.7 Å². The predicted octanol–water partition coefficient (Wildman–Crippen LogP) is 2.23. The first-order chi connectivity index (χ1) is 8.07. The van der Waals surface area contributed by atoms with Crippen molar-refractivity contribution in [3.63, 3.8) is 0 Å². The second-order valence-corrected chi connectivity index (χ2v) is 5.19.